The Labute approximate surface area is 167 Å². The van der Waals surface area contributed by atoms with Gasteiger partial charge >= 0.3 is 0 Å². The number of ether oxygens (including phenoxy) is 1. The number of piperidine rings is 1. The van der Waals surface area contributed by atoms with E-state index in [4.69, 9.17) is 4.74 Å². The smallest absolute Gasteiger partial charge is 0.254 e. The van der Waals surface area contributed by atoms with Gasteiger partial charge in [0.2, 0.25) is 0 Å². The van der Waals surface area contributed by atoms with Crippen LogP contribution in [0.1, 0.15) is 35.2 Å². The highest BCUT2D eigenvalue weighted by Crippen LogP contribution is 2.33. The first kappa shape index (κ1) is 19.4. The number of hydrogen-bond donors (Lipinski definition) is 1. The molecule has 142 valence electrons. The van der Waals surface area contributed by atoms with Gasteiger partial charge in [0, 0.05) is 18.5 Å². The first-order chi connectivity index (χ1) is 13.1. The summed E-state index contributed by atoms with van der Waals surface area (Å²) in [6.45, 7) is 1.02. The van der Waals surface area contributed by atoms with E-state index in [1.807, 2.05) is 23.1 Å². The third-order valence-corrected chi connectivity index (χ3v) is 5.61. The molecule has 2 aromatic rings. The highest BCUT2D eigenvalue weighted by Gasteiger charge is 2.29. The van der Waals surface area contributed by atoms with Crippen molar-refractivity contribution < 1.29 is 19.4 Å². The van der Waals surface area contributed by atoms with Crippen LogP contribution in [0.2, 0.25) is 0 Å². The van der Waals surface area contributed by atoms with E-state index in [1.54, 1.807) is 24.3 Å². The van der Waals surface area contributed by atoms with Gasteiger partial charge in [-0.15, -0.1) is 0 Å². The molecule has 5 nitrogen and oxygen atoms in total. The molecule has 2 aromatic carbocycles. The molecule has 0 bridgehead atoms. The second-order valence-corrected chi connectivity index (χ2v) is 7.37. The van der Waals surface area contributed by atoms with Crippen LogP contribution >= 0.6 is 15.9 Å². The zero-order valence-electron chi connectivity index (χ0n) is 14.9. The van der Waals surface area contributed by atoms with Gasteiger partial charge in [0.1, 0.15) is 28.9 Å². The monoisotopic (exact) mass is 431 g/mol. The van der Waals surface area contributed by atoms with Crippen molar-refractivity contribution in [2.75, 3.05) is 13.2 Å². The molecule has 1 N–H and O–H groups in total. The SMILES string of the molecule is O=CCc1ccccc1C(=O)N1CCCCC1COc1cccc(O)c1Br. The predicted octanol–water partition coefficient (Wildman–Crippen LogP) is 3.97. The minimum Gasteiger partial charge on any atom is -0.507 e. The van der Waals surface area contributed by atoms with E-state index in [2.05, 4.69) is 15.9 Å². The topological polar surface area (TPSA) is 66.8 Å². The van der Waals surface area contributed by atoms with Gasteiger partial charge in [-0.3, -0.25) is 4.79 Å². The number of rotatable bonds is 6. The molecule has 0 spiro atoms. The number of aldehydes is 1. The van der Waals surface area contributed by atoms with Crippen molar-refractivity contribution in [1.29, 1.82) is 0 Å². The summed E-state index contributed by atoms with van der Waals surface area (Å²) < 4.78 is 6.40. The first-order valence-electron chi connectivity index (χ1n) is 9.04. The zero-order chi connectivity index (χ0) is 19.2. The average molecular weight is 432 g/mol. The quantitative estimate of drug-likeness (QED) is 0.702. The van der Waals surface area contributed by atoms with Crippen LogP contribution in [0.3, 0.4) is 0 Å². The molecule has 1 aliphatic rings. The van der Waals surface area contributed by atoms with Crippen LogP contribution in [0.5, 0.6) is 11.5 Å². The Hall–Kier alpha value is -2.34. The molecule has 1 aliphatic heterocycles. The number of likely N-dealkylation sites (tertiary alicyclic amines) is 1. The molecular formula is C21H22BrNO4. The lowest BCUT2D eigenvalue weighted by molar-refractivity contribution is -0.107. The number of nitrogens with zero attached hydrogens (tertiary/aromatic N) is 1. The van der Waals surface area contributed by atoms with Crippen LogP contribution in [0.15, 0.2) is 46.9 Å². The zero-order valence-corrected chi connectivity index (χ0v) is 16.5. The number of aromatic hydroxyl groups is 1. The van der Waals surface area contributed by atoms with Gasteiger partial charge in [-0.2, -0.15) is 0 Å². The highest BCUT2D eigenvalue weighted by molar-refractivity contribution is 9.10. The number of carbonyl (C=O) groups excluding carboxylic acids is 2. The van der Waals surface area contributed by atoms with E-state index in [1.165, 1.54) is 0 Å². The molecular weight excluding hydrogens is 410 g/mol. The van der Waals surface area contributed by atoms with Gasteiger partial charge in [-0.05, 0) is 59.0 Å². The van der Waals surface area contributed by atoms with Crippen LogP contribution in [0.25, 0.3) is 0 Å². The highest BCUT2D eigenvalue weighted by atomic mass is 79.9. The molecule has 6 heteroatoms. The van der Waals surface area contributed by atoms with Crippen molar-refractivity contribution in [1.82, 2.24) is 4.90 Å². The fourth-order valence-electron chi connectivity index (χ4n) is 3.39. The van der Waals surface area contributed by atoms with Gasteiger partial charge in [-0.1, -0.05) is 24.3 Å². The Morgan fingerprint density at radius 3 is 2.85 bits per heavy atom. The van der Waals surface area contributed by atoms with E-state index in [0.29, 0.717) is 28.9 Å². The Balaban J connectivity index is 1.76. The Bertz CT molecular complexity index is 824. The summed E-state index contributed by atoms with van der Waals surface area (Å²) in [6.07, 6.45) is 3.90. The van der Waals surface area contributed by atoms with Crippen molar-refractivity contribution >= 4 is 28.1 Å². The molecule has 1 heterocycles. The standard InChI is InChI=1S/C21H22BrNO4/c22-20-18(25)9-5-10-19(20)27-14-16-7-3-4-12-23(16)21(26)17-8-2-1-6-15(17)11-13-24/h1-2,5-6,8-10,13,16,25H,3-4,7,11-12,14H2. The van der Waals surface area contributed by atoms with Crippen molar-refractivity contribution in [2.24, 2.45) is 0 Å². The molecule has 1 saturated heterocycles. The van der Waals surface area contributed by atoms with Crippen LogP contribution in [-0.2, 0) is 11.2 Å². The van der Waals surface area contributed by atoms with Crippen LogP contribution < -0.4 is 4.74 Å². The summed E-state index contributed by atoms with van der Waals surface area (Å²) in [4.78, 5) is 25.9. The molecule has 3 rings (SSSR count). The third-order valence-electron chi connectivity index (χ3n) is 4.81. The Kier molecular flexibility index (Phi) is 6.50. The van der Waals surface area contributed by atoms with Gasteiger partial charge < -0.3 is 19.5 Å². The summed E-state index contributed by atoms with van der Waals surface area (Å²) in [5, 5.41) is 9.79. The summed E-state index contributed by atoms with van der Waals surface area (Å²) in [6, 6.07) is 12.3. The molecule has 0 radical (unpaired) electrons. The molecule has 0 aromatic heterocycles. The van der Waals surface area contributed by atoms with Crippen molar-refractivity contribution in [2.45, 2.75) is 31.7 Å². The number of phenolic OH excluding ortho intramolecular Hbond substituents is 1. The van der Waals surface area contributed by atoms with Crippen LogP contribution in [0.4, 0.5) is 0 Å². The second kappa shape index (κ2) is 9.04. The first-order valence-corrected chi connectivity index (χ1v) is 9.84. The van der Waals surface area contributed by atoms with Crippen LogP contribution in [-0.4, -0.2) is 41.4 Å². The van der Waals surface area contributed by atoms with E-state index >= 15 is 0 Å². The molecule has 1 atom stereocenters. The molecule has 1 unspecified atom stereocenters. The summed E-state index contributed by atoms with van der Waals surface area (Å²) in [7, 11) is 0. The predicted molar refractivity (Wildman–Crippen MR) is 106 cm³/mol. The van der Waals surface area contributed by atoms with Gasteiger partial charge in [0.05, 0.1) is 6.04 Å². The van der Waals surface area contributed by atoms with Gasteiger partial charge in [-0.25, -0.2) is 0 Å². The van der Waals surface area contributed by atoms with E-state index in [-0.39, 0.29) is 24.1 Å². The summed E-state index contributed by atoms with van der Waals surface area (Å²) in [5.74, 6) is 0.608. The van der Waals surface area contributed by atoms with Crippen molar-refractivity contribution in [3.63, 3.8) is 0 Å². The Morgan fingerprint density at radius 2 is 2.04 bits per heavy atom. The number of halogens is 1. The van der Waals surface area contributed by atoms with Crippen LogP contribution in [0, 0.1) is 0 Å². The lowest BCUT2D eigenvalue weighted by atomic mass is 9.98. The number of amides is 1. The molecule has 0 aliphatic carbocycles. The lowest BCUT2D eigenvalue weighted by Crippen LogP contribution is -2.47. The third kappa shape index (κ3) is 4.50. The van der Waals surface area contributed by atoms with Gasteiger partial charge in [0.15, 0.2) is 0 Å². The minimum absolute atomic E-state index is 0.0511. The minimum atomic E-state index is -0.0595. The fourth-order valence-corrected chi connectivity index (χ4v) is 3.77. The Morgan fingerprint density at radius 1 is 1.22 bits per heavy atom. The maximum absolute atomic E-state index is 13.1. The maximum atomic E-state index is 13.1. The number of benzene rings is 2. The van der Waals surface area contributed by atoms with Gasteiger partial charge in [0.25, 0.3) is 5.91 Å². The molecule has 27 heavy (non-hydrogen) atoms. The van der Waals surface area contributed by atoms with Crippen molar-refractivity contribution in [3.05, 3.63) is 58.1 Å². The second-order valence-electron chi connectivity index (χ2n) is 6.58. The van der Waals surface area contributed by atoms with Crippen molar-refractivity contribution in [3.8, 4) is 11.5 Å². The molecule has 1 fully saturated rings. The summed E-state index contributed by atoms with van der Waals surface area (Å²) in [5.41, 5.74) is 1.33. The number of hydrogen-bond acceptors (Lipinski definition) is 4. The average Bonchev–Trinajstić information content (AvgIpc) is 2.69. The number of carbonyl (C=O) groups is 2. The van der Waals surface area contributed by atoms with E-state index < -0.39 is 0 Å². The van der Waals surface area contributed by atoms with E-state index in [9.17, 15) is 14.7 Å². The lowest BCUT2D eigenvalue weighted by Gasteiger charge is -2.36. The molecule has 1 amide bonds. The summed E-state index contributed by atoms with van der Waals surface area (Å²) >= 11 is 3.32. The van der Waals surface area contributed by atoms with E-state index in [0.717, 1.165) is 31.1 Å². The maximum Gasteiger partial charge on any atom is 0.254 e. The molecule has 0 saturated carbocycles. The number of phenols is 1. The largest absolute Gasteiger partial charge is 0.507 e. The fraction of sp³-hybridized carbons (Fsp3) is 0.333. The normalized spacial score (nSPS) is 16.8.